The molecule has 0 saturated carbocycles. The van der Waals surface area contributed by atoms with E-state index in [9.17, 15) is 9.90 Å². The standard InChI is InChI=1S/C13H18O3/c1-10(14)8-12-6-2-4-11(9-12)5-3-7-13(15)16/h2,4,6,9-10,14H,3,5,7-8H2,1H3,(H,15,16). The van der Waals surface area contributed by atoms with Gasteiger partial charge in [0.1, 0.15) is 0 Å². The lowest BCUT2D eigenvalue weighted by Gasteiger charge is -2.06. The van der Waals surface area contributed by atoms with Gasteiger partial charge in [-0.25, -0.2) is 0 Å². The van der Waals surface area contributed by atoms with Crippen molar-refractivity contribution in [2.45, 2.75) is 38.7 Å². The van der Waals surface area contributed by atoms with Gasteiger partial charge in [0.25, 0.3) is 0 Å². The molecule has 0 saturated heterocycles. The Labute approximate surface area is 95.7 Å². The minimum atomic E-state index is -0.750. The Bertz CT molecular complexity index is 345. The average molecular weight is 222 g/mol. The molecule has 1 unspecified atom stereocenters. The van der Waals surface area contributed by atoms with Gasteiger partial charge in [-0.3, -0.25) is 4.79 Å². The molecule has 0 aliphatic heterocycles. The van der Waals surface area contributed by atoms with Crippen LogP contribution in [-0.2, 0) is 17.6 Å². The largest absolute Gasteiger partial charge is 0.481 e. The summed E-state index contributed by atoms with van der Waals surface area (Å²) >= 11 is 0. The minimum absolute atomic E-state index is 0.209. The van der Waals surface area contributed by atoms with Crippen LogP contribution in [0.1, 0.15) is 30.9 Å². The first-order valence-electron chi connectivity index (χ1n) is 5.55. The Morgan fingerprint density at radius 2 is 2.06 bits per heavy atom. The van der Waals surface area contributed by atoms with Crippen LogP contribution in [0.25, 0.3) is 0 Å². The minimum Gasteiger partial charge on any atom is -0.481 e. The highest BCUT2D eigenvalue weighted by Gasteiger charge is 2.02. The number of aliphatic hydroxyl groups excluding tert-OH is 1. The van der Waals surface area contributed by atoms with E-state index in [-0.39, 0.29) is 12.5 Å². The van der Waals surface area contributed by atoms with E-state index in [4.69, 9.17) is 5.11 Å². The fourth-order valence-electron chi connectivity index (χ4n) is 1.70. The van der Waals surface area contributed by atoms with Crippen LogP contribution >= 0.6 is 0 Å². The number of aliphatic hydroxyl groups is 1. The summed E-state index contributed by atoms with van der Waals surface area (Å²) in [6, 6.07) is 7.96. The Morgan fingerprint density at radius 3 is 2.69 bits per heavy atom. The Kier molecular flexibility index (Phi) is 4.99. The molecule has 0 amide bonds. The van der Waals surface area contributed by atoms with E-state index in [0.717, 1.165) is 17.5 Å². The first-order chi connectivity index (χ1) is 7.58. The molecule has 2 N–H and O–H groups in total. The van der Waals surface area contributed by atoms with Crippen LogP contribution in [0.2, 0.25) is 0 Å². The SMILES string of the molecule is CC(O)Cc1cccc(CCCC(=O)O)c1. The van der Waals surface area contributed by atoms with Crippen LogP contribution in [-0.4, -0.2) is 22.3 Å². The maximum atomic E-state index is 10.4. The Hall–Kier alpha value is -1.35. The predicted octanol–water partition coefficient (Wildman–Crippen LogP) is 2.02. The molecule has 3 heteroatoms. The van der Waals surface area contributed by atoms with Crippen LogP contribution in [0.4, 0.5) is 0 Å². The molecule has 0 aliphatic carbocycles. The molecule has 3 nitrogen and oxygen atoms in total. The lowest BCUT2D eigenvalue weighted by molar-refractivity contribution is -0.137. The highest BCUT2D eigenvalue weighted by molar-refractivity contribution is 5.66. The van der Waals surface area contributed by atoms with E-state index < -0.39 is 5.97 Å². The summed E-state index contributed by atoms with van der Waals surface area (Å²) in [6.45, 7) is 1.76. The molecule has 1 atom stereocenters. The van der Waals surface area contributed by atoms with Crippen LogP contribution in [0.3, 0.4) is 0 Å². The van der Waals surface area contributed by atoms with Gasteiger partial charge in [0.05, 0.1) is 6.10 Å². The molecular formula is C13H18O3. The topological polar surface area (TPSA) is 57.5 Å². The molecule has 1 rings (SSSR count). The van der Waals surface area contributed by atoms with Crippen molar-refractivity contribution in [2.75, 3.05) is 0 Å². The molecule has 1 aromatic rings. The van der Waals surface area contributed by atoms with Gasteiger partial charge < -0.3 is 10.2 Å². The Balaban J connectivity index is 2.50. The summed E-state index contributed by atoms with van der Waals surface area (Å²) in [5, 5.41) is 17.8. The van der Waals surface area contributed by atoms with Crippen LogP contribution in [0, 0.1) is 0 Å². The van der Waals surface area contributed by atoms with Crippen LogP contribution < -0.4 is 0 Å². The van der Waals surface area contributed by atoms with Crippen molar-refractivity contribution < 1.29 is 15.0 Å². The molecule has 0 bridgehead atoms. The molecular weight excluding hydrogens is 204 g/mol. The lowest BCUT2D eigenvalue weighted by atomic mass is 10.0. The van der Waals surface area contributed by atoms with Crippen molar-refractivity contribution in [3.8, 4) is 0 Å². The maximum absolute atomic E-state index is 10.4. The number of carbonyl (C=O) groups is 1. The monoisotopic (exact) mass is 222 g/mol. The Morgan fingerprint density at radius 1 is 1.38 bits per heavy atom. The van der Waals surface area contributed by atoms with Crippen molar-refractivity contribution in [3.63, 3.8) is 0 Å². The molecule has 0 heterocycles. The van der Waals surface area contributed by atoms with Gasteiger partial charge >= 0.3 is 5.97 Å². The third kappa shape index (κ3) is 4.94. The van der Waals surface area contributed by atoms with Crippen molar-refractivity contribution in [3.05, 3.63) is 35.4 Å². The van der Waals surface area contributed by atoms with E-state index in [1.54, 1.807) is 6.92 Å². The quantitative estimate of drug-likeness (QED) is 0.774. The van der Waals surface area contributed by atoms with Crippen molar-refractivity contribution >= 4 is 5.97 Å². The molecule has 0 fully saturated rings. The lowest BCUT2D eigenvalue weighted by Crippen LogP contribution is -2.04. The van der Waals surface area contributed by atoms with E-state index in [1.807, 2.05) is 24.3 Å². The van der Waals surface area contributed by atoms with Crippen LogP contribution in [0.5, 0.6) is 0 Å². The molecule has 0 radical (unpaired) electrons. The number of hydrogen-bond acceptors (Lipinski definition) is 2. The first kappa shape index (κ1) is 12.7. The number of hydrogen-bond donors (Lipinski definition) is 2. The highest BCUT2D eigenvalue weighted by Crippen LogP contribution is 2.10. The molecule has 0 aliphatic rings. The zero-order valence-corrected chi connectivity index (χ0v) is 9.52. The van der Waals surface area contributed by atoms with Gasteiger partial charge in [-0.2, -0.15) is 0 Å². The van der Waals surface area contributed by atoms with E-state index in [0.29, 0.717) is 12.8 Å². The zero-order valence-electron chi connectivity index (χ0n) is 9.52. The summed E-state index contributed by atoms with van der Waals surface area (Å²) in [5.74, 6) is -0.750. The van der Waals surface area contributed by atoms with Gasteiger partial charge in [-0.1, -0.05) is 24.3 Å². The molecule has 0 aromatic heterocycles. The van der Waals surface area contributed by atoms with Gasteiger partial charge in [0, 0.05) is 6.42 Å². The second-order valence-electron chi connectivity index (χ2n) is 4.12. The first-order valence-corrected chi connectivity index (χ1v) is 5.55. The van der Waals surface area contributed by atoms with Gasteiger partial charge in [-0.05, 0) is 37.3 Å². The summed E-state index contributed by atoms with van der Waals surface area (Å²) < 4.78 is 0. The maximum Gasteiger partial charge on any atom is 0.303 e. The number of aryl methyl sites for hydroxylation is 1. The normalized spacial score (nSPS) is 12.4. The predicted molar refractivity (Wildman–Crippen MR) is 62.4 cm³/mol. The van der Waals surface area contributed by atoms with Gasteiger partial charge in [0.15, 0.2) is 0 Å². The second kappa shape index (κ2) is 6.28. The van der Waals surface area contributed by atoms with E-state index >= 15 is 0 Å². The summed E-state index contributed by atoms with van der Waals surface area (Å²) in [5.41, 5.74) is 2.24. The van der Waals surface area contributed by atoms with Crippen LogP contribution in [0.15, 0.2) is 24.3 Å². The highest BCUT2D eigenvalue weighted by atomic mass is 16.4. The van der Waals surface area contributed by atoms with Gasteiger partial charge in [0.2, 0.25) is 0 Å². The smallest absolute Gasteiger partial charge is 0.303 e. The molecule has 16 heavy (non-hydrogen) atoms. The summed E-state index contributed by atoms with van der Waals surface area (Å²) in [4.78, 5) is 10.4. The second-order valence-corrected chi connectivity index (χ2v) is 4.12. The fourth-order valence-corrected chi connectivity index (χ4v) is 1.70. The third-order valence-electron chi connectivity index (χ3n) is 2.38. The van der Waals surface area contributed by atoms with Crippen molar-refractivity contribution in [1.29, 1.82) is 0 Å². The fraction of sp³-hybridized carbons (Fsp3) is 0.462. The third-order valence-corrected chi connectivity index (χ3v) is 2.38. The number of carboxylic acid groups (broad SMARTS) is 1. The summed E-state index contributed by atoms with van der Waals surface area (Å²) in [7, 11) is 0. The van der Waals surface area contributed by atoms with E-state index in [2.05, 4.69) is 0 Å². The molecule has 1 aromatic carbocycles. The number of rotatable bonds is 6. The van der Waals surface area contributed by atoms with Gasteiger partial charge in [-0.15, -0.1) is 0 Å². The zero-order chi connectivity index (χ0) is 12.0. The molecule has 88 valence electrons. The number of aliphatic carboxylic acids is 1. The number of carboxylic acids is 1. The van der Waals surface area contributed by atoms with E-state index in [1.165, 1.54) is 0 Å². The van der Waals surface area contributed by atoms with Crippen molar-refractivity contribution in [2.24, 2.45) is 0 Å². The number of benzene rings is 1. The molecule has 0 spiro atoms. The van der Waals surface area contributed by atoms with Crippen molar-refractivity contribution in [1.82, 2.24) is 0 Å². The average Bonchev–Trinajstić information content (AvgIpc) is 2.16. The summed E-state index contributed by atoms with van der Waals surface area (Å²) in [6.07, 6.45) is 1.95.